The molecular formula is C69H50N6. The minimum atomic E-state index is 0.215. The summed E-state index contributed by atoms with van der Waals surface area (Å²) in [6, 6.07) is 77.9. The molecule has 9 aromatic carbocycles. The zero-order valence-corrected chi connectivity index (χ0v) is 41.2. The second-order valence-electron chi connectivity index (χ2n) is 19.5. The Morgan fingerprint density at radius 1 is 0.453 bits per heavy atom. The highest BCUT2D eigenvalue weighted by Gasteiger charge is 2.21. The van der Waals surface area contributed by atoms with Gasteiger partial charge in [-0.05, 0) is 120 Å². The summed E-state index contributed by atoms with van der Waals surface area (Å²) in [5, 5.41) is 8.87. The van der Waals surface area contributed by atoms with E-state index in [0.717, 1.165) is 64.0 Å². The fraction of sp³-hybridized carbons (Fsp3) is 0.0580. The minimum Gasteiger partial charge on any atom is -0.355 e. The van der Waals surface area contributed by atoms with Crippen LogP contribution in [0.5, 0.6) is 0 Å². The van der Waals surface area contributed by atoms with Gasteiger partial charge in [0.2, 0.25) is 0 Å². The van der Waals surface area contributed by atoms with Crippen LogP contribution in [0.25, 0.3) is 106 Å². The van der Waals surface area contributed by atoms with Crippen molar-refractivity contribution in [1.29, 1.82) is 0 Å². The molecule has 2 aliphatic carbocycles. The van der Waals surface area contributed by atoms with Crippen LogP contribution in [-0.2, 0) is 0 Å². The zero-order valence-electron chi connectivity index (χ0n) is 41.2. The minimum absolute atomic E-state index is 0.215. The molecule has 0 fully saturated rings. The summed E-state index contributed by atoms with van der Waals surface area (Å²) in [6.45, 7) is 0. The van der Waals surface area contributed by atoms with Gasteiger partial charge in [-0.2, -0.15) is 0 Å². The molecule has 14 rings (SSSR count). The summed E-state index contributed by atoms with van der Waals surface area (Å²) in [6.07, 6.45) is 16.8. The SMILES string of the molecule is C1=CCCC(c2ccc(-c3ccccc3)c(Nc3ccc4c(c3)c3cc(C5C=CC(n6c7ccccc7c7ccccc76)=CC5)ccc3n4-c3ccc(-c4nc(-c5ccccc5)nc(-c5ccccc5)n4)cc3)c2)=C1. The van der Waals surface area contributed by atoms with Crippen LogP contribution in [0, 0.1) is 0 Å². The van der Waals surface area contributed by atoms with E-state index in [-0.39, 0.29) is 5.92 Å². The van der Waals surface area contributed by atoms with Gasteiger partial charge in [0.15, 0.2) is 17.5 Å². The third-order valence-corrected chi connectivity index (χ3v) is 15.0. The molecule has 12 aromatic rings. The maximum Gasteiger partial charge on any atom is 0.164 e. The number of hydrogen-bond acceptors (Lipinski definition) is 4. The van der Waals surface area contributed by atoms with Crippen LogP contribution in [0.3, 0.4) is 0 Å². The average Bonchev–Trinajstić information content (AvgIpc) is 4.01. The Labute approximate surface area is 435 Å². The van der Waals surface area contributed by atoms with Crippen LogP contribution in [-0.4, -0.2) is 24.1 Å². The highest BCUT2D eigenvalue weighted by atomic mass is 15.0. The largest absolute Gasteiger partial charge is 0.355 e. The van der Waals surface area contributed by atoms with Crippen molar-refractivity contribution in [3.63, 3.8) is 0 Å². The first kappa shape index (κ1) is 44.1. The summed E-state index contributed by atoms with van der Waals surface area (Å²) in [4.78, 5) is 15.0. The number of nitrogens with one attached hydrogen (secondary N) is 1. The predicted molar refractivity (Wildman–Crippen MR) is 312 cm³/mol. The topological polar surface area (TPSA) is 60.6 Å². The van der Waals surface area contributed by atoms with E-state index in [2.05, 4.69) is 209 Å². The molecule has 1 atom stereocenters. The van der Waals surface area contributed by atoms with E-state index in [9.17, 15) is 0 Å². The first-order chi connectivity index (χ1) is 37.2. The van der Waals surface area contributed by atoms with Crippen LogP contribution in [0.1, 0.15) is 36.3 Å². The summed E-state index contributed by atoms with van der Waals surface area (Å²) in [5.74, 6) is 2.13. The standard InChI is InChI=1S/C69H50N6/c1-5-17-46(18-6-1)53-33-40-57(48-19-7-2-8-20-48)62(44-53)70-54-35-42-66-61(45-54)60-43-52(47-29-36-55(37-30-47)74-63-27-15-13-25-58(63)59-26-14-16-28-64(59)74)34-41-65(60)75(66)56-38-31-51(32-39-56)69-72-67(49-21-9-3-10-22-49)71-68(73-69)50-23-11-4-12-24-50/h1-5,7-17,19-29,31-45,47,70H,6,18,30H2. The van der Waals surface area contributed by atoms with Gasteiger partial charge >= 0.3 is 0 Å². The van der Waals surface area contributed by atoms with Crippen molar-refractivity contribution in [1.82, 2.24) is 24.1 Å². The number of anilines is 2. The van der Waals surface area contributed by atoms with Gasteiger partial charge in [-0.1, -0.05) is 176 Å². The Balaban J connectivity index is 0.873. The number of rotatable bonds is 10. The van der Waals surface area contributed by atoms with Gasteiger partial charge in [-0.15, -0.1) is 0 Å². The highest BCUT2D eigenvalue weighted by Crippen LogP contribution is 2.41. The molecule has 0 amide bonds. The van der Waals surface area contributed by atoms with E-state index in [1.54, 1.807) is 0 Å². The molecule has 356 valence electrons. The zero-order chi connectivity index (χ0) is 49.7. The molecule has 6 heteroatoms. The fourth-order valence-corrected chi connectivity index (χ4v) is 11.3. The van der Waals surface area contributed by atoms with Crippen LogP contribution < -0.4 is 5.32 Å². The molecule has 0 aliphatic heterocycles. The molecule has 2 aliphatic rings. The number of para-hydroxylation sites is 2. The Morgan fingerprint density at radius 2 is 1.01 bits per heavy atom. The van der Waals surface area contributed by atoms with Gasteiger partial charge in [-0.25, -0.2) is 15.0 Å². The van der Waals surface area contributed by atoms with E-state index < -0.39 is 0 Å². The van der Waals surface area contributed by atoms with Crippen LogP contribution in [0.15, 0.2) is 255 Å². The van der Waals surface area contributed by atoms with Gasteiger partial charge in [-0.3, -0.25) is 0 Å². The maximum atomic E-state index is 5.04. The molecule has 0 radical (unpaired) electrons. The van der Waals surface area contributed by atoms with Crippen LogP contribution in [0.2, 0.25) is 0 Å². The summed E-state index contributed by atoms with van der Waals surface area (Å²) >= 11 is 0. The van der Waals surface area contributed by atoms with E-state index in [1.807, 2.05) is 60.7 Å². The van der Waals surface area contributed by atoms with E-state index >= 15 is 0 Å². The molecule has 0 bridgehead atoms. The van der Waals surface area contributed by atoms with Crippen molar-refractivity contribution in [3.05, 3.63) is 266 Å². The number of nitrogens with zero attached hydrogens (tertiary/aromatic N) is 5. The maximum absolute atomic E-state index is 5.04. The molecule has 0 saturated heterocycles. The smallest absolute Gasteiger partial charge is 0.164 e. The quantitative estimate of drug-likeness (QED) is 0.148. The number of allylic oxidation sites excluding steroid dienone is 8. The summed E-state index contributed by atoms with van der Waals surface area (Å²) < 4.78 is 4.82. The van der Waals surface area contributed by atoms with Gasteiger partial charge in [0, 0.05) is 72.5 Å². The molecule has 1 N–H and O–H groups in total. The Bertz CT molecular complexity index is 4160. The molecule has 1 unspecified atom stereocenters. The molecule has 6 nitrogen and oxygen atoms in total. The average molecular weight is 963 g/mol. The Morgan fingerprint density at radius 3 is 1.63 bits per heavy atom. The van der Waals surface area contributed by atoms with Crippen molar-refractivity contribution in [2.45, 2.75) is 25.2 Å². The number of hydrogen-bond donors (Lipinski definition) is 1. The monoisotopic (exact) mass is 962 g/mol. The molecular weight excluding hydrogens is 913 g/mol. The fourth-order valence-electron chi connectivity index (χ4n) is 11.3. The molecule has 0 saturated carbocycles. The van der Waals surface area contributed by atoms with Crippen molar-refractivity contribution < 1.29 is 0 Å². The Hall–Kier alpha value is -9.65. The van der Waals surface area contributed by atoms with Gasteiger partial charge < -0.3 is 14.5 Å². The lowest BCUT2D eigenvalue weighted by Crippen LogP contribution is -2.03. The van der Waals surface area contributed by atoms with Crippen molar-refractivity contribution in [2.24, 2.45) is 0 Å². The summed E-state index contributed by atoms with van der Waals surface area (Å²) in [7, 11) is 0. The van der Waals surface area contributed by atoms with E-state index in [1.165, 1.54) is 66.1 Å². The third-order valence-electron chi connectivity index (χ3n) is 15.0. The van der Waals surface area contributed by atoms with Gasteiger partial charge in [0.05, 0.1) is 22.1 Å². The number of fused-ring (bicyclic) bond motifs is 6. The number of aromatic nitrogens is 5. The second-order valence-corrected chi connectivity index (χ2v) is 19.5. The van der Waals surface area contributed by atoms with Crippen LogP contribution >= 0.6 is 0 Å². The normalized spacial score (nSPS) is 14.4. The lowest BCUT2D eigenvalue weighted by molar-refractivity contribution is 0.851. The number of benzene rings is 9. The highest BCUT2D eigenvalue weighted by molar-refractivity contribution is 6.12. The third kappa shape index (κ3) is 8.14. The van der Waals surface area contributed by atoms with Gasteiger partial charge in [0.1, 0.15) is 0 Å². The molecule has 75 heavy (non-hydrogen) atoms. The molecule has 0 spiro atoms. The van der Waals surface area contributed by atoms with E-state index in [4.69, 9.17) is 15.0 Å². The molecule has 3 heterocycles. The second kappa shape index (κ2) is 18.8. The predicted octanol–water partition coefficient (Wildman–Crippen LogP) is 17.8. The van der Waals surface area contributed by atoms with Crippen molar-refractivity contribution in [2.75, 3.05) is 5.32 Å². The van der Waals surface area contributed by atoms with Crippen LogP contribution in [0.4, 0.5) is 11.4 Å². The summed E-state index contributed by atoms with van der Waals surface area (Å²) in [5.41, 5.74) is 18.1. The van der Waals surface area contributed by atoms with E-state index in [0.29, 0.717) is 17.5 Å². The lowest BCUT2D eigenvalue weighted by atomic mass is 9.90. The first-order valence-corrected chi connectivity index (χ1v) is 25.9. The van der Waals surface area contributed by atoms with Crippen molar-refractivity contribution >= 4 is 66.3 Å². The Kier molecular flexibility index (Phi) is 11.0. The van der Waals surface area contributed by atoms with Crippen molar-refractivity contribution in [3.8, 4) is 51.0 Å². The first-order valence-electron chi connectivity index (χ1n) is 25.9. The lowest BCUT2D eigenvalue weighted by Gasteiger charge is -2.19. The molecule has 3 aromatic heterocycles. The van der Waals surface area contributed by atoms with Gasteiger partial charge in [0.25, 0.3) is 0 Å².